The minimum Gasteiger partial charge on any atom is -0.493 e. The second-order valence-electron chi connectivity index (χ2n) is 5.03. The summed E-state index contributed by atoms with van der Waals surface area (Å²) >= 11 is 3.36. The molecule has 2 heterocycles. The maximum Gasteiger partial charge on any atom is 0.282 e. The number of H-pyrrole nitrogens is 1. The molecule has 0 bridgehead atoms. The summed E-state index contributed by atoms with van der Waals surface area (Å²) in [5.41, 5.74) is 6.81. The van der Waals surface area contributed by atoms with E-state index < -0.39 is 0 Å². The van der Waals surface area contributed by atoms with Gasteiger partial charge in [-0.3, -0.25) is 10.2 Å². The number of benzene rings is 1. The van der Waals surface area contributed by atoms with Gasteiger partial charge in [-0.05, 0) is 31.5 Å². The predicted octanol–water partition coefficient (Wildman–Crippen LogP) is 2.50. The number of aromatic amines is 1. The van der Waals surface area contributed by atoms with Crippen molar-refractivity contribution in [3.8, 4) is 5.88 Å². The maximum atomic E-state index is 11.9. The number of azo groups is 1. The van der Waals surface area contributed by atoms with E-state index in [1.807, 2.05) is 25.1 Å². The lowest BCUT2D eigenvalue weighted by Gasteiger charge is -2.01. The van der Waals surface area contributed by atoms with E-state index in [1.54, 1.807) is 0 Å². The highest BCUT2D eigenvalue weighted by Gasteiger charge is 2.26. The third kappa shape index (κ3) is 2.82. The molecule has 0 spiro atoms. The Balaban J connectivity index is 1.87. The van der Waals surface area contributed by atoms with E-state index in [0.717, 1.165) is 9.99 Å². The van der Waals surface area contributed by atoms with Crippen LogP contribution >= 0.6 is 15.9 Å². The van der Waals surface area contributed by atoms with E-state index in [0.29, 0.717) is 11.8 Å². The van der Waals surface area contributed by atoms with E-state index in [-0.39, 0.29) is 29.6 Å². The number of fused-ring (bicyclic) bond motifs is 1. The minimum absolute atomic E-state index is 0.106. The summed E-state index contributed by atoms with van der Waals surface area (Å²) in [5, 5.41) is 18.2. The number of hydrogen-bond donors (Lipinski definition) is 4. The predicted molar refractivity (Wildman–Crippen MR) is 81.3 cm³/mol. The molecule has 0 aliphatic carbocycles. The van der Waals surface area contributed by atoms with Gasteiger partial charge in [0.1, 0.15) is 6.04 Å². The highest BCUT2D eigenvalue weighted by atomic mass is 79.9. The number of aromatic hydroxyl groups is 1. The Bertz CT molecular complexity index is 727. The number of carbonyl (C=O) groups excluding carboxylic acids is 1. The largest absolute Gasteiger partial charge is 0.493 e. The minimum atomic E-state index is -0.386. The van der Waals surface area contributed by atoms with Gasteiger partial charge in [0.05, 0.1) is 5.52 Å². The first kappa shape index (κ1) is 14.2. The number of nitrogens with zero attached hydrogens (tertiary/aromatic N) is 2. The molecule has 0 radical (unpaired) electrons. The van der Waals surface area contributed by atoms with Crippen molar-refractivity contribution >= 4 is 38.4 Å². The second-order valence-corrected chi connectivity index (χ2v) is 5.94. The van der Waals surface area contributed by atoms with Gasteiger partial charge in [0.15, 0.2) is 5.69 Å². The summed E-state index contributed by atoms with van der Waals surface area (Å²) in [7, 11) is 0. The summed E-state index contributed by atoms with van der Waals surface area (Å²) < 4.78 is 0.854. The summed E-state index contributed by atoms with van der Waals surface area (Å²) in [6.07, 6.45) is 0.656. The van der Waals surface area contributed by atoms with Crippen molar-refractivity contribution in [2.24, 2.45) is 10.2 Å². The normalized spacial score (nSPS) is 22.4. The molecule has 8 heteroatoms. The monoisotopic (exact) mass is 351 g/mol. The molecule has 4 N–H and O–H groups in total. The summed E-state index contributed by atoms with van der Waals surface area (Å²) in [6.45, 7) is 1.97. The number of hydrazine groups is 1. The molecule has 21 heavy (non-hydrogen) atoms. The topological polar surface area (TPSA) is 102 Å². The van der Waals surface area contributed by atoms with Crippen molar-refractivity contribution in [1.82, 2.24) is 15.8 Å². The van der Waals surface area contributed by atoms with Crippen LogP contribution in [0.4, 0.5) is 5.69 Å². The first-order valence-electron chi connectivity index (χ1n) is 6.51. The smallest absolute Gasteiger partial charge is 0.282 e. The van der Waals surface area contributed by atoms with Gasteiger partial charge in [0, 0.05) is 15.9 Å². The molecular formula is C13H14BrN5O2. The van der Waals surface area contributed by atoms with Crippen LogP contribution in [0.5, 0.6) is 5.88 Å². The Morgan fingerprint density at radius 1 is 1.43 bits per heavy atom. The number of halogens is 1. The fraction of sp³-hybridized carbons (Fsp3) is 0.308. The highest BCUT2D eigenvalue weighted by Crippen LogP contribution is 2.36. The molecule has 1 amide bonds. The van der Waals surface area contributed by atoms with Crippen LogP contribution in [0.25, 0.3) is 10.9 Å². The van der Waals surface area contributed by atoms with Gasteiger partial charge < -0.3 is 10.1 Å². The van der Waals surface area contributed by atoms with Gasteiger partial charge in [-0.2, -0.15) is 0 Å². The summed E-state index contributed by atoms with van der Waals surface area (Å²) in [4.78, 5) is 14.7. The van der Waals surface area contributed by atoms with Gasteiger partial charge >= 0.3 is 0 Å². The van der Waals surface area contributed by atoms with Crippen LogP contribution in [0.15, 0.2) is 32.9 Å². The fourth-order valence-corrected chi connectivity index (χ4v) is 2.64. The zero-order valence-corrected chi connectivity index (χ0v) is 12.8. The van der Waals surface area contributed by atoms with Crippen LogP contribution in [-0.4, -0.2) is 28.1 Å². The SMILES string of the molecule is CC1CC(C(=O)N=Nc2c(O)[nH]c3ccc(Br)cc23)NN1. The zero-order chi connectivity index (χ0) is 15.0. The molecule has 2 unspecified atom stereocenters. The van der Waals surface area contributed by atoms with Crippen LogP contribution in [-0.2, 0) is 4.79 Å². The number of amides is 1. The Morgan fingerprint density at radius 2 is 2.24 bits per heavy atom. The molecule has 2 aromatic rings. The lowest BCUT2D eigenvalue weighted by molar-refractivity contribution is -0.120. The second kappa shape index (κ2) is 5.55. The molecule has 7 nitrogen and oxygen atoms in total. The quantitative estimate of drug-likeness (QED) is 0.624. The zero-order valence-electron chi connectivity index (χ0n) is 11.2. The number of nitrogens with one attached hydrogen (secondary N) is 3. The number of rotatable bonds is 2. The molecule has 3 rings (SSSR count). The van der Waals surface area contributed by atoms with Gasteiger partial charge in [-0.15, -0.1) is 10.2 Å². The maximum absolute atomic E-state index is 11.9. The average Bonchev–Trinajstić information content (AvgIpc) is 3.00. The standard InChI is InChI=1S/C13H14BrN5O2/c1-6-4-10(17-16-6)12(20)19-18-11-8-5-7(14)2-3-9(8)15-13(11)21/h2-3,5-6,10,15-17,21H,4H2,1H3. The van der Waals surface area contributed by atoms with E-state index in [4.69, 9.17) is 0 Å². The van der Waals surface area contributed by atoms with Crippen molar-refractivity contribution in [2.75, 3.05) is 0 Å². The average molecular weight is 352 g/mol. The van der Waals surface area contributed by atoms with Crippen LogP contribution in [0.1, 0.15) is 13.3 Å². The van der Waals surface area contributed by atoms with Gasteiger partial charge in [0.2, 0.25) is 5.88 Å². The molecule has 1 aromatic heterocycles. The van der Waals surface area contributed by atoms with E-state index >= 15 is 0 Å². The number of carbonyl (C=O) groups is 1. The van der Waals surface area contributed by atoms with Crippen molar-refractivity contribution in [2.45, 2.75) is 25.4 Å². The third-order valence-electron chi connectivity index (χ3n) is 3.35. The Hall–Kier alpha value is -1.77. The van der Waals surface area contributed by atoms with Crippen molar-refractivity contribution in [3.05, 3.63) is 22.7 Å². The molecule has 110 valence electrons. The lowest BCUT2D eigenvalue weighted by Crippen LogP contribution is -2.36. The molecule has 1 aliphatic rings. The number of hydrogen-bond acceptors (Lipinski definition) is 5. The molecule has 1 aliphatic heterocycles. The Kier molecular flexibility index (Phi) is 3.75. The van der Waals surface area contributed by atoms with Crippen molar-refractivity contribution in [3.63, 3.8) is 0 Å². The molecule has 1 aromatic carbocycles. The van der Waals surface area contributed by atoms with Crippen molar-refractivity contribution < 1.29 is 9.90 Å². The third-order valence-corrected chi connectivity index (χ3v) is 3.85. The number of aromatic nitrogens is 1. The summed E-state index contributed by atoms with van der Waals surface area (Å²) in [5.74, 6) is -0.471. The molecule has 1 saturated heterocycles. The molecular weight excluding hydrogens is 338 g/mol. The molecule has 2 atom stereocenters. The van der Waals surface area contributed by atoms with E-state index in [2.05, 4.69) is 42.0 Å². The van der Waals surface area contributed by atoms with Crippen molar-refractivity contribution in [1.29, 1.82) is 0 Å². The lowest BCUT2D eigenvalue weighted by atomic mass is 10.1. The van der Waals surface area contributed by atoms with Gasteiger partial charge in [0.25, 0.3) is 5.91 Å². The molecule has 1 fully saturated rings. The van der Waals surface area contributed by atoms with Crippen LogP contribution < -0.4 is 10.9 Å². The summed E-state index contributed by atoms with van der Waals surface area (Å²) in [6, 6.07) is 5.29. The van der Waals surface area contributed by atoms with Crippen LogP contribution in [0.3, 0.4) is 0 Å². The first-order valence-corrected chi connectivity index (χ1v) is 7.30. The molecule has 0 saturated carbocycles. The van der Waals surface area contributed by atoms with Crippen LogP contribution in [0.2, 0.25) is 0 Å². The van der Waals surface area contributed by atoms with Crippen LogP contribution in [0, 0.1) is 0 Å². The fourth-order valence-electron chi connectivity index (χ4n) is 2.28. The Labute approximate surface area is 128 Å². The van der Waals surface area contributed by atoms with Gasteiger partial charge in [-0.1, -0.05) is 15.9 Å². The van der Waals surface area contributed by atoms with Gasteiger partial charge in [-0.25, -0.2) is 5.43 Å². The Morgan fingerprint density at radius 3 is 2.95 bits per heavy atom. The van der Waals surface area contributed by atoms with E-state index in [9.17, 15) is 9.90 Å². The first-order chi connectivity index (χ1) is 10.0. The highest BCUT2D eigenvalue weighted by molar-refractivity contribution is 9.10. The van der Waals surface area contributed by atoms with E-state index in [1.165, 1.54) is 0 Å².